The topological polar surface area (TPSA) is 45.5 Å². The number of carbonyl (C=O) groups excluding carboxylic acids is 1. The molecule has 2 aliphatic rings. The minimum absolute atomic E-state index is 0.0212. The summed E-state index contributed by atoms with van der Waals surface area (Å²) < 4.78 is 1.54. The van der Waals surface area contributed by atoms with Crippen molar-refractivity contribution in [2.45, 2.75) is 25.5 Å². The fourth-order valence-corrected chi connectivity index (χ4v) is 2.62. The molecule has 0 saturated carbocycles. The summed E-state index contributed by atoms with van der Waals surface area (Å²) in [5, 5.41) is 10.2. The molecule has 1 fully saturated rings. The van der Waals surface area contributed by atoms with Crippen LogP contribution in [0.2, 0.25) is 0 Å². The van der Waals surface area contributed by atoms with Crippen LogP contribution in [0.15, 0.2) is 30.0 Å². The molecule has 0 aliphatic carbocycles. The van der Waals surface area contributed by atoms with E-state index in [1.807, 2.05) is 19.1 Å². The second kappa shape index (κ2) is 3.22. The number of aliphatic hydroxyl groups is 1. The molecule has 3 rings (SSSR count). The first-order valence-electron chi connectivity index (χ1n) is 5.52. The van der Waals surface area contributed by atoms with Gasteiger partial charge >= 0.3 is 6.03 Å². The Morgan fingerprint density at radius 3 is 3.12 bits per heavy atom. The number of fused-ring (bicyclic) bond motifs is 2. The van der Waals surface area contributed by atoms with Crippen LogP contribution in [0.25, 0.3) is 0 Å². The predicted molar refractivity (Wildman–Crippen MR) is 59.1 cm³/mol. The third-order valence-corrected chi connectivity index (χ3v) is 3.55. The van der Waals surface area contributed by atoms with Crippen molar-refractivity contribution in [1.29, 1.82) is 0 Å². The van der Waals surface area contributed by atoms with Gasteiger partial charge in [0.25, 0.3) is 0 Å². The van der Waals surface area contributed by atoms with Gasteiger partial charge in [-0.15, -0.1) is 0 Å². The summed E-state index contributed by atoms with van der Waals surface area (Å²) in [6.07, 6.45) is 3.97. The third-order valence-electron chi connectivity index (χ3n) is 3.55. The van der Waals surface area contributed by atoms with E-state index < -0.39 is 6.10 Å². The average Bonchev–Trinajstić information content (AvgIpc) is 2.92. The van der Waals surface area contributed by atoms with Gasteiger partial charge in [-0.25, -0.2) is 4.79 Å². The number of aliphatic hydroxyl groups excluding tert-OH is 1. The van der Waals surface area contributed by atoms with Crippen LogP contribution >= 0.6 is 0 Å². The van der Waals surface area contributed by atoms with Crippen LogP contribution in [0.5, 0.6) is 0 Å². The lowest BCUT2D eigenvalue weighted by atomic mass is 10.0. The molecule has 84 valence electrons. The number of aromatic nitrogens is 1. The van der Waals surface area contributed by atoms with E-state index in [1.165, 1.54) is 5.57 Å². The second-order valence-corrected chi connectivity index (χ2v) is 4.38. The lowest BCUT2D eigenvalue weighted by Gasteiger charge is -2.34. The highest BCUT2D eigenvalue weighted by atomic mass is 16.3. The molecule has 1 N–H and O–H groups in total. The quantitative estimate of drug-likeness (QED) is 0.671. The largest absolute Gasteiger partial charge is 0.385 e. The highest BCUT2D eigenvalue weighted by Crippen LogP contribution is 2.36. The van der Waals surface area contributed by atoms with Crippen molar-refractivity contribution in [3.63, 3.8) is 0 Å². The number of rotatable bonds is 0. The SMILES string of the molecule is CC=C1CC2C(O)c3cccn3C(=O)N2C1. The average molecular weight is 218 g/mol. The molecule has 1 aromatic heterocycles. The van der Waals surface area contributed by atoms with Crippen LogP contribution in [-0.2, 0) is 0 Å². The minimum atomic E-state index is -0.565. The highest BCUT2D eigenvalue weighted by Gasteiger charge is 2.42. The standard InChI is InChI=1S/C12H14N2O2/c1-2-8-6-10-11(15)9-4-3-5-13(9)12(16)14(10)7-8/h2-5,10-11,15H,6-7H2,1H3. The molecule has 4 heteroatoms. The van der Waals surface area contributed by atoms with Gasteiger partial charge in [0.2, 0.25) is 0 Å². The monoisotopic (exact) mass is 218 g/mol. The van der Waals surface area contributed by atoms with Crippen molar-refractivity contribution < 1.29 is 9.90 Å². The first-order valence-corrected chi connectivity index (χ1v) is 5.52. The van der Waals surface area contributed by atoms with Crippen molar-refractivity contribution in [2.75, 3.05) is 6.54 Å². The maximum atomic E-state index is 12.1. The lowest BCUT2D eigenvalue weighted by Crippen LogP contribution is -2.46. The van der Waals surface area contributed by atoms with Crippen molar-refractivity contribution >= 4 is 6.03 Å². The summed E-state index contributed by atoms with van der Waals surface area (Å²) in [4.78, 5) is 13.9. The zero-order chi connectivity index (χ0) is 11.3. The maximum absolute atomic E-state index is 12.1. The molecule has 3 heterocycles. The number of hydrogen-bond donors (Lipinski definition) is 1. The number of carbonyl (C=O) groups is 1. The van der Waals surface area contributed by atoms with Gasteiger partial charge in [0.1, 0.15) is 6.10 Å². The fraction of sp³-hybridized carbons (Fsp3) is 0.417. The van der Waals surface area contributed by atoms with Gasteiger partial charge < -0.3 is 10.0 Å². The molecule has 1 aromatic rings. The van der Waals surface area contributed by atoms with E-state index in [9.17, 15) is 9.90 Å². The van der Waals surface area contributed by atoms with Gasteiger partial charge in [0.05, 0.1) is 11.7 Å². The molecular formula is C12H14N2O2. The van der Waals surface area contributed by atoms with Crippen molar-refractivity contribution in [3.8, 4) is 0 Å². The summed E-state index contributed by atoms with van der Waals surface area (Å²) in [5.74, 6) is 0. The van der Waals surface area contributed by atoms with E-state index in [1.54, 1.807) is 21.7 Å². The van der Waals surface area contributed by atoms with Gasteiger partial charge in [-0.3, -0.25) is 4.57 Å². The normalized spacial score (nSPS) is 30.8. The second-order valence-electron chi connectivity index (χ2n) is 4.38. The molecule has 0 bridgehead atoms. The van der Waals surface area contributed by atoms with Crippen LogP contribution in [0.4, 0.5) is 4.79 Å². The Morgan fingerprint density at radius 1 is 1.56 bits per heavy atom. The lowest BCUT2D eigenvalue weighted by molar-refractivity contribution is 0.0652. The van der Waals surface area contributed by atoms with Crippen LogP contribution in [-0.4, -0.2) is 33.2 Å². The smallest absolute Gasteiger partial charge is 0.329 e. The molecule has 0 radical (unpaired) electrons. The molecule has 0 spiro atoms. The number of amides is 1. The predicted octanol–water partition coefficient (Wildman–Crippen LogP) is 1.52. The van der Waals surface area contributed by atoms with Crippen molar-refractivity contribution in [2.24, 2.45) is 0 Å². The van der Waals surface area contributed by atoms with Crippen molar-refractivity contribution in [3.05, 3.63) is 35.7 Å². The summed E-state index contributed by atoms with van der Waals surface area (Å²) in [7, 11) is 0. The summed E-state index contributed by atoms with van der Waals surface area (Å²) in [5.41, 5.74) is 1.94. The Morgan fingerprint density at radius 2 is 2.38 bits per heavy atom. The van der Waals surface area contributed by atoms with Gasteiger partial charge in [0, 0.05) is 12.7 Å². The molecule has 0 aromatic carbocycles. The van der Waals surface area contributed by atoms with E-state index in [0.717, 1.165) is 6.42 Å². The Hall–Kier alpha value is -1.55. The molecule has 4 nitrogen and oxygen atoms in total. The number of nitrogens with zero attached hydrogens (tertiary/aromatic N) is 2. The zero-order valence-electron chi connectivity index (χ0n) is 9.13. The fourth-order valence-electron chi connectivity index (χ4n) is 2.62. The Kier molecular flexibility index (Phi) is 1.94. The van der Waals surface area contributed by atoms with E-state index in [4.69, 9.17) is 0 Å². The Balaban J connectivity index is 2.06. The number of hydrogen-bond acceptors (Lipinski definition) is 2. The van der Waals surface area contributed by atoms with E-state index in [-0.39, 0.29) is 12.1 Å². The first kappa shape index (κ1) is 9.66. The Labute approximate surface area is 93.8 Å². The molecule has 2 aliphatic heterocycles. The maximum Gasteiger partial charge on any atom is 0.329 e. The van der Waals surface area contributed by atoms with E-state index in [2.05, 4.69) is 0 Å². The van der Waals surface area contributed by atoms with E-state index in [0.29, 0.717) is 12.2 Å². The molecule has 2 unspecified atom stereocenters. The molecule has 1 amide bonds. The van der Waals surface area contributed by atoms with E-state index >= 15 is 0 Å². The molecule has 2 atom stereocenters. The van der Waals surface area contributed by atoms with Crippen LogP contribution in [0.3, 0.4) is 0 Å². The Bertz CT molecular complexity index is 475. The van der Waals surface area contributed by atoms with Crippen LogP contribution < -0.4 is 0 Å². The number of allylic oxidation sites excluding steroid dienone is 1. The molecule has 1 saturated heterocycles. The van der Waals surface area contributed by atoms with Gasteiger partial charge in [0.15, 0.2) is 0 Å². The highest BCUT2D eigenvalue weighted by molar-refractivity contribution is 5.80. The molecule has 16 heavy (non-hydrogen) atoms. The van der Waals surface area contributed by atoms with Crippen LogP contribution in [0, 0.1) is 0 Å². The summed E-state index contributed by atoms with van der Waals surface area (Å²) in [6, 6.07) is 3.51. The minimum Gasteiger partial charge on any atom is -0.385 e. The van der Waals surface area contributed by atoms with Gasteiger partial charge in [-0.1, -0.05) is 11.6 Å². The van der Waals surface area contributed by atoms with Gasteiger partial charge in [-0.2, -0.15) is 0 Å². The molecular weight excluding hydrogens is 204 g/mol. The zero-order valence-corrected chi connectivity index (χ0v) is 9.13. The summed E-state index contributed by atoms with van der Waals surface area (Å²) >= 11 is 0. The summed E-state index contributed by atoms with van der Waals surface area (Å²) in [6.45, 7) is 2.62. The van der Waals surface area contributed by atoms with Crippen LogP contribution in [0.1, 0.15) is 25.1 Å². The first-order chi connectivity index (χ1) is 7.72. The van der Waals surface area contributed by atoms with Crippen molar-refractivity contribution in [1.82, 2.24) is 9.47 Å². The third kappa shape index (κ3) is 1.10. The van der Waals surface area contributed by atoms with Gasteiger partial charge in [-0.05, 0) is 25.5 Å².